The molecule has 0 bridgehead atoms. The van der Waals surface area contributed by atoms with Gasteiger partial charge in [0.05, 0.1) is 60.6 Å². The smallest absolute Gasteiger partial charge is 0.305 e. The molecule has 2 amide bonds. The lowest BCUT2D eigenvalue weighted by Gasteiger charge is -2.20. The number of pyridine rings is 1. The summed E-state index contributed by atoms with van der Waals surface area (Å²) in [6, 6.07) is 8.29. The molecule has 1 fully saturated rings. The van der Waals surface area contributed by atoms with Crippen LogP contribution in [0.4, 0.5) is 5.69 Å². The van der Waals surface area contributed by atoms with E-state index in [2.05, 4.69) is 53.2 Å². The third-order valence-electron chi connectivity index (χ3n) is 6.19. The molecular formula is C25H26BrN7O5. The van der Waals surface area contributed by atoms with Crippen molar-refractivity contribution in [2.45, 2.75) is 36.8 Å². The Bertz CT molecular complexity index is 1320. The number of carbonyl (C=O) groups is 3. The maximum absolute atomic E-state index is 12.7. The van der Waals surface area contributed by atoms with Gasteiger partial charge in [0.15, 0.2) is 5.96 Å². The van der Waals surface area contributed by atoms with Crippen molar-refractivity contribution in [1.29, 1.82) is 5.26 Å². The maximum Gasteiger partial charge on any atom is 0.305 e. The average Bonchev–Trinajstić information content (AvgIpc) is 3.69. The van der Waals surface area contributed by atoms with Crippen LogP contribution in [0.15, 0.2) is 46.1 Å². The van der Waals surface area contributed by atoms with Crippen molar-refractivity contribution in [2.24, 2.45) is 4.99 Å². The van der Waals surface area contributed by atoms with Crippen LogP contribution in [-0.4, -0.2) is 64.7 Å². The SMILES string of the molecule is N#CC1(c2cc(Br)cc([C@H](CC(=O)O)NC(=O)CNC(=O)c3cncc(NC4=NCC(O)CN4)c3)c2)CC1. The molecule has 198 valence electrons. The molecule has 4 rings (SSSR count). The van der Waals surface area contributed by atoms with Crippen LogP contribution in [0.3, 0.4) is 0 Å². The molecule has 2 atom stereocenters. The number of halogens is 1. The first kappa shape index (κ1) is 27.0. The van der Waals surface area contributed by atoms with Crippen LogP contribution in [0.1, 0.15) is 46.8 Å². The van der Waals surface area contributed by atoms with Crippen LogP contribution in [0, 0.1) is 11.3 Å². The number of guanidine groups is 1. The van der Waals surface area contributed by atoms with E-state index in [1.165, 1.54) is 18.5 Å². The fraction of sp³-hybridized carbons (Fsp3) is 0.360. The van der Waals surface area contributed by atoms with Crippen LogP contribution in [-0.2, 0) is 15.0 Å². The van der Waals surface area contributed by atoms with Gasteiger partial charge in [-0.05, 0) is 42.2 Å². The Morgan fingerprint density at radius 1 is 1.24 bits per heavy atom. The van der Waals surface area contributed by atoms with Gasteiger partial charge in [0.2, 0.25) is 5.91 Å². The summed E-state index contributed by atoms with van der Waals surface area (Å²) in [6.45, 7) is 0.209. The quantitative estimate of drug-likeness (QED) is 0.252. The number of carbonyl (C=O) groups excluding carboxylic acids is 2. The second-order valence-corrected chi connectivity index (χ2v) is 10.1. The molecule has 1 saturated carbocycles. The van der Waals surface area contributed by atoms with Crippen molar-refractivity contribution < 1.29 is 24.6 Å². The Morgan fingerprint density at radius 3 is 2.68 bits per heavy atom. The summed E-state index contributed by atoms with van der Waals surface area (Å²) >= 11 is 3.42. The summed E-state index contributed by atoms with van der Waals surface area (Å²) in [5.74, 6) is -1.79. The number of aromatic nitrogens is 1. The number of hydrogen-bond acceptors (Lipinski definition) is 9. The number of nitrogens with one attached hydrogen (secondary N) is 4. The molecule has 0 saturated heterocycles. The molecule has 13 heteroatoms. The number of rotatable bonds is 9. The monoisotopic (exact) mass is 583 g/mol. The molecule has 0 spiro atoms. The summed E-state index contributed by atoms with van der Waals surface area (Å²) in [5, 5.41) is 39.6. The number of carboxylic acid groups (broad SMARTS) is 1. The number of benzene rings is 1. The van der Waals surface area contributed by atoms with Crippen LogP contribution >= 0.6 is 15.9 Å². The van der Waals surface area contributed by atoms with Gasteiger partial charge < -0.3 is 31.5 Å². The van der Waals surface area contributed by atoms with Crippen molar-refractivity contribution >= 4 is 45.4 Å². The zero-order valence-electron chi connectivity index (χ0n) is 20.2. The van der Waals surface area contributed by atoms with Gasteiger partial charge in [-0.3, -0.25) is 24.4 Å². The Kier molecular flexibility index (Phi) is 8.23. The van der Waals surface area contributed by atoms with Gasteiger partial charge in [-0.15, -0.1) is 0 Å². The first-order chi connectivity index (χ1) is 18.2. The normalized spacial score (nSPS) is 18.1. The molecule has 38 heavy (non-hydrogen) atoms. The van der Waals surface area contributed by atoms with E-state index in [0.29, 0.717) is 28.2 Å². The molecule has 1 aliphatic carbocycles. The fourth-order valence-corrected chi connectivity index (χ4v) is 4.51. The molecular weight excluding hydrogens is 558 g/mol. The van der Waals surface area contributed by atoms with Crippen molar-refractivity contribution in [1.82, 2.24) is 20.9 Å². The topological polar surface area (TPSA) is 189 Å². The van der Waals surface area contributed by atoms with Crippen LogP contribution in [0.25, 0.3) is 0 Å². The van der Waals surface area contributed by atoms with Crippen molar-refractivity contribution in [3.63, 3.8) is 0 Å². The lowest BCUT2D eigenvalue weighted by atomic mass is 9.93. The number of anilines is 1. The summed E-state index contributed by atoms with van der Waals surface area (Å²) in [6.07, 6.45) is 3.36. The minimum Gasteiger partial charge on any atom is -0.481 e. The van der Waals surface area contributed by atoms with Gasteiger partial charge in [-0.1, -0.05) is 22.0 Å². The number of aliphatic hydroxyl groups excluding tert-OH is 1. The molecule has 0 radical (unpaired) electrons. The van der Waals surface area contributed by atoms with Crippen molar-refractivity contribution in [3.05, 3.63) is 57.8 Å². The average molecular weight is 584 g/mol. The Balaban J connectivity index is 1.38. The highest BCUT2D eigenvalue weighted by atomic mass is 79.9. The highest BCUT2D eigenvalue weighted by Gasteiger charge is 2.45. The summed E-state index contributed by atoms with van der Waals surface area (Å²) in [7, 11) is 0. The second-order valence-electron chi connectivity index (χ2n) is 9.18. The van der Waals surface area contributed by atoms with Crippen LogP contribution in [0.5, 0.6) is 0 Å². The van der Waals surface area contributed by atoms with Gasteiger partial charge in [0.25, 0.3) is 5.91 Å². The van der Waals surface area contributed by atoms with Gasteiger partial charge in [-0.25, -0.2) is 0 Å². The molecule has 1 aliphatic heterocycles. The third-order valence-corrected chi connectivity index (χ3v) is 6.65. The fourth-order valence-electron chi connectivity index (χ4n) is 4.00. The maximum atomic E-state index is 12.7. The molecule has 2 aliphatic rings. The van der Waals surface area contributed by atoms with Crippen molar-refractivity contribution in [3.8, 4) is 6.07 Å². The van der Waals surface area contributed by atoms with Gasteiger partial charge >= 0.3 is 5.97 Å². The number of nitrogens with zero attached hydrogens (tertiary/aromatic N) is 3. The molecule has 2 heterocycles. The highest BCUT2D eigenvalue weighted by molar-refractivity contribution is 9.10. The molecule has 1 unspecified atom stereocenters. The predicted molar refractivity (Wildman–Crippen MR) is 140 cm³/mol. The van der Waals surface area contributed by atoms with E-state index in [4.69, 9.17) is 0 Å². The van der Waals surface area contributed by atoms with E-state index in [-0.39, 0.29) is 25.1 Å². The van der Waals surface area contributed by atoms with Gasteiger partial charge in [0, 0.05) is 17.2 Å². The Labute approximate surface area is 226 Å². The summed E-state index contributed by atoms with van der Waals surface area (Å²) < 4.78 is 0.677. The van der Waals surface area contributed by atoms with Gasteiger partial charge in [-0.2, -0.15) is 5.26 Å². The minimum absolute atomic E-state index is 0.198. The number of aliphatic carboxylic acids is 1. The molecule has 1 aromatic heterocycles. The van der Waals surface area contributed by atoms with E-state index in [0.717, 1.165) is 18.4 Å². The summed E-state index contributed by atoms with van der Waals surface area (Å²) in [4.78, 5) is 45.0. The van der Waals surface area contributed by atoms with E-state index in [1.807, 2.05) is 6.07 Å². The number of aliphatic hydroxyl groups is 1. The third kappa shape index (κ3) is 6.84. The lowest BCUT2D eigenvalue weighted by Crippen LogP contribution is -2.42. The second kappa shape index (κ2) is 11.6. The molecule has 12 nitrogen and oxygen atoms in total. The van der Waals surface area contributed by atoms with Crippen LogP contribution in [0.2, 0.25) is 0 Å². The lowest BCUT2D eigenvalue weighted by molar-refractivity contribution is -0.137. The standard InChI is InChI=1S/C25H26BrN7O5/c26-17-4-14(3-16(6-17)25(13-27)1-2-25)20(7-22(36)37)33-21(35)12-29-23(38)15-5-18(9-28-8-15)32-24-30-10-19(34)11-31-24/h3-6,8-9,19-20,34H,1-2,7,10-12H2,(H,29,38)(H,33,35)(H,36,37)(H2,30,31,32)/t20-/m0/s1. The number of nitriles is 1. The highest BCUT2D eigenvalue weighted by Crippen LogP contribution is 2.48. The van der Waals surface area contributed by atoms with Crippen LogP contribution < -0.4 is 21.3 Å². The van der Waals surface area contributed by atoms with Gasteiger partial charge in [0.1, 0.15) is 0 Å². The van der Waals surface area contributed by atoms with E-state index in [1.54, 1.807) is 12.1 Å². The number of hydrogen-bond donors (Lipinski definition) is 6. The minimum atomic E-state index is -1.11. The summed E-state index contributed by atoms with van der Waals surface area (Å²) in [5.41, 5.74) is 1.43. The first-order valence-electron chi connectivity index (χ1n) is 11.9. The first-order valence-corrected chi connectivity index (χ1v) is 12.7. The number of carboxylic acids is 1. The molecule has 2 aromatic rings. The van der Waals surface area contributed by atoms with E-state index in [9.17, 15) is 29.9 Å². The molecule has 6 N–H and O–H groups in total. The number of aliphatic imine (C=N–C) groups is 1. The zero-order chi connectivity index (χ0) is 27.3. The van der Waals surface area contributed by atoms with E-state index < -0.39 is 35.3 Å². The zero-order valence-corrected chi connectivity index (χ0v) is 21.8. The number of β-amino-alcohol motifs (C(OH)–C–C–N with tert-alkyl or cyclic N) is 1. The Hall–Kier alpha value is -4.02. The predicted octanol–water partition coefficient (Wildman–Crippen LogP) is 1.19. The van der Waals surface area contributed by atoms with Crippen molar-refractivity contribution in [2.75, 3.05) is 25.0 Å². The number of amides is 2. The largest absolute Gasteiger partial charge is 0.481 e. The van der Waals surface area contributed by atoms with E-state index >= 15 is 0 Å². The Morgan fingerprint density at radius 2 is 2.03 bits per heavy atom. The molecule has 1 aromatic carbocycles.